The number of methoxy groups -OCH3 is 1. The summed E-state index contributed by atoms with van der Waals surface area (Å²) < 4.78 is 5.28. The molecule has 0 bridgehead atoms. The van der Waals surface area contributed by atoms with Gasteiger partial charge in [-0.05, 0) is 18.6 Å². The Kier molecular flexibility index (Phi) is 4.08. The largest absolute Gasteiger partial charge is 0.384 e. The van der Waals surface area contributed by atoms with Gasteiger partial charge in [-0.1, -0.05) is 18.2 Å². The van der Waals surface area contributed by atoms with Crippen LogP contribution in [0.4, 0.5) is 5.69 Å². The molecule has 0 N–H and O–H groups in total. The van der Waals surface area contributed by atoms with Gasteiger partial charge in [-0.3, -0.25) is 4.98 Å². The highest BCUT2D eigenvalue weighted by atomic mass is 35.5. The molecule has 1 unspecified atom stereocenters. The van der Waals surface area contributed by atoms with Crippen molar-refractivity contribution in [3.63, 3.8) is 0 Å². The number of benzene rings is 1. The van der Waals surface area contributed by atoms with Crippen LogP contribution in [0.2, 0.25) is 0 Å². The molecule has 106 valence electrons. The van der Waals surface area contributed by atoms with Crippen LogP contribution in [0.3, 0.4) is 0 Å². The van der Waals surface area contributed by atoms with Crippen molar-refractivity contribution in [2.45, 2.75) is 12.3 Å². The van der Waals surface area contributed by atoms with Gasteiger partial charge < -0.3 is 9.64 Å². The number of fused-ring (bicyclic) bond motifs is 1. The van der Waals surface area contributed by atoms with E-state index in [2.05, 4.69) is 34.1 Å². The second kappa shape index (κ2) is 5.98. The summed E-state index contributed by atoms with van der Waals surface area (Å²) in [6.45, 7) is 2.95. The van der Waals surface area contributed by atoms with E-state index in [0.717, 1.165) is 30.9 Å². The number of anilines is 1. The minimum Gasteiger partial charge on any atom is -0.384 e. The molecule has 0 radical (unpaired) electrons. The van der Waals surface area contributed by atoms with Gasteiger partial charge in [0.05, 0.1) is 23.7 Å². The fourth-order valence-corrected chi connectivity index (χ4v) is 3.10. The Bertz CT molecular complexity index is 602. The van der Waals surface area contributed by atoms with Crippen molar-refractivity contribution < 1.29 is 4.74 Å². The summed E-state index contributed by atoms with van der Waals surface area (Å²) in [5.74, 6) is 1.07. The van der Waals surface area contributed by atoms with Crippen LogP contribution in [0.1, 0.15) is 12.1 Å². The number of rotatable bonds is 4. The van der Waals surface area contributed by atoms with Crippen molar-refractivity contribution in [2.75, 3.05) is 31.7 Å². The zero-order valence-corrected chi connectivity index (χ0v) is 12.4. The van der Waals surface area contributed by atoms with E-state index in [0.29, 0.717) is 11.8 Å². The van der Waals surface area contributed by atoms with Crippen molar-refractivity contribution in [3.8, 4) is 0 Å². The monoisotopic (exact) mass is 290 g/mol. The highest BCUT2D eigenvalue weighted by Gasteiger charge is 2.24. The molecule has 20 heavy (non-hydrogen) atoms. The van der Waals surface area contributed by atoms with Gasteiger partial charge in [0.25, 0.3) is 0 Å². The maximum Gasteiger partial charge on any atom is 0.0726 e. The molecule has 0 aliphatic carbocycles. The lowest BCUT2D eigenvalue weighted by molar-refractivity contribution is 0.161. The van der Waals surface area contributed by atoms with E-state index in [1.165, 1.54) is 17.5 Å². The van der Waals surface area contributed by atoms with Crippen molar-refractivity contribution in [3.05, 3.63) is 36.0 Å². The van der Waals surface area contributed by atoms with Gasteiger partial charge in [-0.2, -0.15) is 0 Å². The normalized spacial score (nSPS) is 18.9. The first-order valence-corrected chi connectivity index (χ1v) is 7.53. The highest BCUT2D eigenvalue weighted by Crippen LogP contribution is 2.31. The van der Waals surface area contributed by atoms with Crippen LogP contribution in [-0.2, 0) is 10.6 Å². The molecule has 1 aliphatic heterocycles. The van der Waals surface area contributed by atoms with Crippen LogP contribution in [0.15, 0.2) is 30.3 Å². The Morgan fingerprint density at radius 1 is 1.40 bits per heavy atom. The highest BCUT2D eigenvalue weighted by molar-refractivity contribution is 6.17. The van der Waals surface area contributed by atoms with E-state index in [4.69, 9.17) is 16.3 Å². The van der Waals surface area contributed by atoms with Crippen LogP contribution in [0.25, 0.3) is 10.9 Å². The lowest BCUT2D eigenvalue weighted by atomic mass is 10.1. The van der Waals surface area contributed by atoms with Gasteiger partial charge in [-0.15, -0.1) is 11.6 Å². The van der Waals surface area contributed by atoms with E-state index < -0.39 is 0 Å². The fraction of sp³-hybridized carbons (Fsp3) is 0.438. The summed E-state index contributed by atoms with van der Waals surface area (Å²) in [6.07, 6.45) is 1.18. The van der Waals surface area contributed by atoms with Crippen LogP contribution in [0, 0.1) is 5.92 Å². The second-order valence-electron chi connectivity index (χ2n) is 5.34. The van der Waals surface area contributed by atoms with Crippen molar-refractivity contribution >= 4 is 28.2 Å². The Hall–Kier alpha value is -1.32. The molecule has 1 aliphatic rings. The fourth-order valence-electron chi connectivity index (χ4n) is 2.96. The molecule has 1 aromatic carbocycles. The summed E-state index contributed by atoms with van der Waals surface area (Å²) in [5.41, 5.74) is 3.22. The summed E-state index contributed by atoms with van der Waals surface area (Å²) in [7, 11) is 1.77. The van der Waals surface area contributed by atoms with Crippen molar-refractivity contribution in [1.82, 2.24) is 4.98 Å². The summed E-state index contributed by atoms with van der Waals surface area (Å²) in [4.78, 5) is 7.03. The smallest absolute Gasteiger partial charge is 0.0726 e. The molecule has 1 saturated heterocycles. The number of hydrogen-bond acceptors (Lipinski definition) is 3. The van der Waals surface area contributed by atoms with Crippen LogP contribution < -0.4 is 4.90 Å². The minimum atomic E-state index is 0.452. The molecule has 1 atom stereocenters. The van der Waals surface area contributed by atoms with Crippen molar-refractivity contribution in [1.29, 1.82) is 0 Å². The molecule has 4 heteroatoms. The molecular formula is C16H19ClN2O. The predicted octanol–water partition coefficient (Wildman–Crippen LogP) is 3.45. The zero-order chi connectivity index (χ0) is 13.9. The lowest BCUT2D eigenvalue weighted by Crippen LogP contribution is -2.21. The van der Waals surface area contributed by atoms with Gasteiger partial charge in [0, 0.05) is 37.2 Å². The predicted molar refractivity (Wildman–Crippen MR) is 83.5 cm³/mol. The number of alkyl halides is 1. The minimum absolute atomic E-state index is 0.452. The Morgan fingerprint density at radius 2 is 2.25 bits per heavy atom. The number of nitrogens with zero attached hydrogens (tertiary/aromatic N) is 2. The number of ether oxygens (including phenoxy) is 1. The summed E-state index contributed by atoms with van der Waals surface area (Å²) in [6, 6.07) is 10.4. The van der Waals surface area contributed by atoms with Gasteiger partial charge in [0.15, 0.2) is 0 Å². The van der Waals surface area contributed by atoms with Gasteiger partial charge in [-0.25, -0.2) is 0 Å². The lowest BCUT2D eigenvalue weighted by Gasteiger charge is -2.21. The molecular weight excluding hydrogens is 272 g/mol. The molecule has 2 heterocycles. The van der Waals surface area contributed by atoms with E-state index in [1.807, 2.05) is 6.07 Å². The van der Waals surface area contributed by atoms with Gasteiger partial charge >= 0.3 is 0 Å². The third-order valence-corrected chi connectivity index (χ3v) is 4.19. The van der Waals surface area contributed by atoms with Crippen LogP contribution >= 0.6 is 11.6 Å². The van der Waals surface area contributed by atoms with E-state index in [-0.39, 0.29) is 0 Å². The van der Waals surface area contributed by atoms with E-state index in [1.54, 1.807) is 7.11 Å². The van der Waals surface area contributed by atoms with Crippen molar-refractivity contribution in [2.24, 2.45) is 5.92 Å². The van der Waals surface area contributed by atoms with Crippen LogP contribution in [0.5, 0.6) is 0 Å². The average Bonchev–Trinajstić information content (AvgIpc) is 2.95. The third-order valence-electron chi connectivity index (χ3n) is 3.91. The quantitative estimate of drug-likeness (QED) is 0.807. The number of hydrogen-bond donors (Lipinski definition) is 0. The molecule has 2 aromatic rings. The van der Waals surface area contributed by atoms with E-state index in [9.17, 15) is 0 Å². The van der Waals surface area contributed by atoms with Gasteiger partial charge in [0.2, 0.25) is 0 Å². The van der Waals surface area contributed by atoms with Gasteiger partial charge in [0.1, 0.15) is 0 Å². The summed E-state index contributed by atoms with van der Waals surface area (Å²) in [5, 5.41) is 1.21. The number of halogens is 1. The average molecular weight is 291 g/mol. The Labute approximate surface area is 124 Å². The Balaban J connectivity index is 1.98. The van der Waals surface area contributed by atoms with E-state index >= 15 is 0 Å². The maximum atomic E-state index is 5.98. The topological polar surface area (TPSA) is 25.4 Å². The molecule has 3 rings (SSSR count). The number of pyridine rings is 1. The molecule has 3 nitrogen and oxygen atoms in total. The first kappa shape index (κ1) is 13.7. The maximum absolute atomic E-state index is 5.98. The first-order valence-electron chi connectivity index (χ1n) is 7.00. The molecule has 1 aromatic heterocycles. The molecule has 0 amide bonds. The SMILES string of the molecule is COCC1CCN(c2cc(CCl)nc3ccccc23)C1. The number of para-hydroxylation sites is 1. The number of aromatic nitrogens is 1. The molecule has 1 fully saturated rings. The molecule has 0 saturated carbocycles. The standard InChI is InChI=1S/C16H19ClN2O/c1-20-11-12-6-7-19(10-12)16-8-13(9-17)18-15-5-3-2-4-14(15)16/h2-5,8,12H,6-7,9-11H2,1H3. The zero-order valence-electron chi connectivity index (χ0n) is 11.7. The van der Waals surface area contributed by atoms with Crippen LogP contribution in [-0.4, -0.2) is 31.8 Å². The first-order chi connectivity index (χ1) is 9.81. The molecule has 0 spiro atoms. The second-order valence-corrected chi connectivity index (χ2v) is 5.61. The third kappa shape index (κ3) is 2.60. The Morgan fingerprint density at radius 3 is 3.05 bits per heavy atom. The summed E-state index contributed by atoms with van der Waals surface area (Å²) >= 11 is 5.98.